The molecule has 4 heteroatoms. The van der Waals surface area contributed by atoms with Crippen molar-refractivity contribution in [2.24, 2.45) is 0 Å². The lowest BCUT2D eigenvalue weighted by Crippen LogP contribution is -2.07. The molecule has 1 heterocycles. The Balaban J connectivity index is 2.17. The molecule has 0 bridgehead atoms. The second kappa shape index (κ2) is 4.83. The van der Waals surface area contributed by atoms with Gasteiger partial charge in [0.1, 0.15) is 0 Å². The second-order valence-electron chi connectivity index (χ2n) is 3.50. The Hall–Kier alpha value is -0.0900. The van der Waals surface area contributed by atoms with Gasteiger partial charge < -0.3 is 9.47 Å². The van der Waals surface area contributed by atoms with Gasteiger partial charge in [-0.3, -0.25) is 0 Å². The van der Waals surface area contributed by atoms with Crippen LogP contribution in [0.25, 0.3) is 0 Å². The molecule has 2 atom stereocenters. The second-order valence-corrected chi connectivity index (χ2v) is 4.82. The first-order chi connectivity index (χ1) is 7.20. The van der Waals surface area contributed by atoms with Gasteiger partial charge >= 0.3 is 0 Å². The Bertz CT molecular complexity index is 356. The first kappa shape index (κ1) is 11.4. The third-order valence-corrected chi connectivity index (χ3v) is 3.24. The summed E-state index contributed by atoms with van der Waals surface area (Å²) in [7, 11) is 0. The number of hydrogen-bond acceptors (Lipinski definition) is 2. The standard InChI is InChI=1S/C11H12BrClO2/c1-2-8-6-14-11(15-8)9-4-3-7(12)5-10(9)13/h3-5,8,11H,2,6H2,1H3. The summed E-state index contributed by atoms with van der Waals surface area (Å²) >= 11 is 9.47. The van der Waals surface area contributed by atoms with Crippen molar-refractivity contribution in [3.8, 4) is 0 Å². The molecule has 82 valence electrons. The summed E-state index contributed by atoms with van der Waals surface area (Å²) < 4.78 is 12.2. The van der Waals surface area contributed by atoms with E-state index in [-0.39, 0.29) is 12.4 Å². The van der Waals surface area contributed by atoms with Crippen molar-refractivity contribution in [3.05, 3.63) is 33.3 Å². The van der Waals surface area contributed by atoms with E-state index in [2.05, 4.69) is 22.9 Å². The van der Waals surface area contributed by atoms with Crippen LogP contribution in [0.3, 0.4) is 0 Å². The summed E-state index contributed by atoms with van der Waals surface area (Å²) in [6, 6.07) is 5.71. The Morgan fingerprint density at radius 1 is 1.53 bits per heavy atom. The predicted octanol–water partition coefficient (Wildman–Crippen LogP) is 3.93. The molecule has 0 amide bonds. The van der Waals surface area contributed by atoms with Crippen LogP contribution >= 0.6 is 27.5 Å². The molecule has 1 aromatic rings. The molecule has 2 unspecified atom stereocenters. The minimum Gasteiger partial charge on any atom is -0.346 e. The van der Waals surface area contributed by atoms with E-state index in [1.165, 1.54) is 0 Å². The zero-order valence-electron chi connectivity index (χ0n) is 8.37. The molecule has 0 saturated carbocycles. The maximum Gasteiger partial charge on any atom is 0.185 e. The lowest BCUT2D eigenvalue weighted by atomic mass is 10.2. The van der Waals surface area contributed by atoms with E-state index in [4.69, 9.17) is 21.1 Å². The van der Waals surface area contributed by atoms with E-state index >= 15 is 0 Å². The summed E-state index contributed by atoms with van der Waals surface area (Å²) in [4.78, 5) is 0. The minimum atomic E-state index is -0.310. The number of benzene rings is 1. The summed E-state index contributed by atoms with van der Waals surface area (Å²) in [6.45, 7) is 2.73. The molecule has 1 saturated heterocycles. The largest absolute Gasteiger partial charge is 0.346 e. The fourth-order valence-corrected chi connectivity index (χ4v) is 2.28. The molecule has 0 spiro atoms. The smallest absolute Gasteiger partial charge is 0.185 e. The number of ether oxygens (including phenoxy) is 2. The van der Waals surface area contributed by atoms with Gasteiger partial charge in [-0.15, -0.1) is 0 Å². The molecule has 0 aliphatic carbocycles. The number of halogens is 2. The van der Waals surface area contributed by atoms with Crippen LogP contribution in [0.2, 0.25) is 5.02 Å². The van der Waals surface area contributed by atoms with Gasteiger partial charge in [-0.25, -0.2) is 0 Å². The van der Waals surface area contributed by atoms with Crippen LogP contribution in [-0.4, -0.2) is 12.7 Å². The highest BCUT2D eigenvalue weighted by molar-refractivity contribution is 9.10. The number of rotatable bonds is 2. The molecular formula is C11H12BrClO2. The summed E-state index contributed by atoms with van der Waals surface area (Å²) in [5.41, 5.74) is 0.899. The van der Waals surface area contributed by atoms with Crippen LogP contribution in [-0.2, 0) is 9.47 Å². The van der Waals surface area contributed by atoms with Crippen molar-refractivity contribution in [2.75, 3.05) is 6.61 Å². The van der Waals surface area contributed by atoms with Gasteiger partial charge in [-0.05, 0) is 18.6 Å². The molecule has 0 N–H and O–H groups in total. The van der Waals surface area contributed by atoms with Crippen LogP contribution in [0.15, 0.2) is 22.7 Å². The van der Waals surface area contributed by atoms with Gasteiger partial charge in [-0.2, -0.15) is 0 Å². The van der Waals surface area contributed by atoms with Gasteiger partial charge in [0.2, 0.25) is 0 Å². The van der Waals surface area contributed by atoms with Crippen molar-refractivity contribution in [1.82, 2.24) is 0 Å². The molecule has 1 aliphatic heterocycles. The monoisotopic (exact) mass is 290 g/mol. The van der Waals surface area contributed by atoms with Crippen LogP contribution in [0.1, 0.15) is 25.2 Å². The summed E-state index contributed by atoms with van der Waals surface area (Å²) in [6.07, 6.45) is 0.843. The average molecular weight is 292 g/mol. The van der Waals surface area contributed by atoms with Gasteiger partial charge in [0.15, 0.2) is 6.29 Å². The topological polar surface area (TPSA) is 18.5 Å². The fraction of sp³-hybridized carbons (Fsp3) is 0.455. The van der Waals surface area contributed by atoms with Crippen molar-refractivity contribution >= 4 is 27.5 Å². The molecule has 15 heavy (non-hydrogen) atoms. The highest BCUT2D eigenvalue weighted by atomic mass is 79.9. The Morgan fingerprint density at radius 2 is 2.33 bits per heavy atom. The lowest BCUT2D eigenvalue weighted by molar-refractivity contribution is -0.0603. The first-order valence-corrected chi connectivity index (χ1v) is 6.10. The third kappa shape index (κ3) is 2.53. The van der Waals surface area contributed by atoms with E-state index in [9.17, 15) is 0 Å². The Morgan fingerprint density at radius 3 is 2.93 bits per heavy atom. The van der Waals surface area contributed by atoms with Gasteiger partial charge in [-0.1, -0.05) is 40.5 Å². The lowest BCUT2D eigenvalue weighted by Gasteiger charge is -2.12. The highest BCUT2D eigenvalue weighted by Crippen LogP contribution is 2.33. The fourth-order valence-electron chi connectivity index (χ4n) is 1.52. The zero-order chi connectivity index (χ0) is 10.8. The molecule has 0 aromatic heterocycles. The zero-order valence-corrected chi connectivity index (χ0v) is 10.7. The molecule has 1 fully saturated rings. The van der Waals surface area contributed by atoms with Crippen molar-refractivity contribution in [2.45, 2.75) is 25.7 Å². The Kier molecular flexibility index (Phi) is 3.67. The van der Waals surface area contributed by atoms with Crippen molar-refractivity contribution in [1.29, 1.82) is 0 Å². The molecule has 2 rings (SSSR count). The SMILES string of the molecule is CCC1COC(c2ccc(Br)cc2Cl)O1. The van der Waals surface area contributed by atoms with Crippen molar-refractivity contribution in [3.63, 3.8) is 0 Å². The summed E-state index contributed by atoms with van der Waals surface area (Å²) in [5.74, 6) is 0. The van der Waals surface area contributed by atoms with Gasteiger partial charge in [0.05, 0.1) is 12.7 Å². The molecule has 2 nitrogen and oxygen atoms in total. The van der Waals surface area contributed by atoms with E-state index in [0.717, 1.165) is 16.5 Å². The van der Waals surface area contributed by atoms with Gasteiger partial charge in [0.25, 0.3) is 0 Å². The van der Waals surface area contributed by atoms with Crippen molar-refractivity contribution < 1.29 is 9.47 Å². The maximum absolute atomic E-state index is 6.11. The van der Waals surface area contributed by atoms with Crippen LogP contribution in [0.4, 0.5) is 0 Å². The van der Waals surface area contributed by atoms with E-state index in [1.54, 1.807) is 0 Å². The highest BCUT2D eigenvalue weighted by Gasteiger charge is 2.27. The van der Waals surface area contributed by atoms with E-state index in [1.807, 2.05) is 18.2 Å². The minimum absolute atomic E-state index is 0.190. The quantitative estimate of drug-likeness (QED) is 0.822. The van der Waals surface area contributed by atoms with Crippen LogP contribution in [0, 0.1) is 0 Å². The third-order valence-electron chi connectivity index (χ3n) is 2.42. The molecule has 1 aromatic carbocycles. The average Bonchev–Trinajstić information content (AvgIpc) is 2.66. The van der Waals surface area contributed by atoms with E-state index in [0.29, 0.717) is 11.6 Å². The number of hydrogen-bond donors (Lipinski definition) is 0. The summed E-state index contributed by atoms with van der Waals surface area (Å²) in [5, 5.41) is 0.672. The first-order valence-electron chi connectivity index (χ1n) is 4.92. The van der Waals surface area contributed by atoms with Gasteiger partial charge in [0, 0.05) is 15.1 Å². The van der Waals surface area contributed by atoms with Crippen LogP contribution in [0.5, 0.6) is 0 Å². The molecule has 0 radical (unpaired) electrons. The predicted molar refractivity (Wildman–Crippen MR) is 63.0 cm³/mol. The molecule has 1 aliphatic rings. The Labute approximate surface area is 103 Å². The maximum atomic E-state index is 6.11. The van der Waals surface area contributed by atoms with Crippen LogP contribution < -0.4 is 0 Å². The molecular weight excluding hydrogens is 279 g/mol. The van der Waals surface area contributed by atoms with E-state index < -0.39 is 0 Å². The normalized spacial score (nSPS) is 25.8.